The summed E-state index contributed by atoms with van der Waals surface area (Å²) in [4.78, 5) is 19.4. The standard InChI is InChI=1S/C22H24N4O/c23-22(20-9-5-15-24-20)25-16-18-13-11-17(12-14-18)6-4-10-21(27)26-19-7-2-1-3-8-19/h1-3,5,7-9,11-15,24H,4,6,10,16H2,(H2,23,25)(H,26,27). The Kier molecular flexibility index (Phi) is 6.41. The molecule has 0 saturated heterocycles. The lowest BCUT2D eigenvalue weighted by molar-refractivity contribution is -0.116. The van der Waals surface area contributed by atoms with Crippen LogP contribution >= 0.6 is 0 Å². The molecule has 0 radical (unpaired) electrons. The van der Waals surface area contributed by atoms with Crippen LogP contribution in [0, 0.1) is 0 Å². The highest BCUT2D eigenvalue weighted by Gasteiger charge is 2.03. The van der Waals surface area contributed by atoms with Crippen LogP contribution < -0.4 is 11.1 Å². The number of aryl methyl sites for hydroxylation is 1. The first kappa shape index (κ1) is 18.5. The Bertz CT molecular complexity index is 868. The Morgan fingerprint density at radius 2 is 1.70 bits per heavy atom. The maximum Gasteiger partial charge on any atom is 0.224 e. The number of amides is 1. The number of hydrogen-bond acceptors (Lipinski definition) is 2. The number of para-hydroxylation sites is 1. The van der Waals surface area contributed by atoms with Gasteiger partial charge in [0.1, 0.15) is 5.84 Å². The molecule has 0 aliphatic rings. The fourth-order valence-electron chi connectivity index (χ4n) is 2.76. The van der Waals surface area contributed by atoms with Crippen molar-refractivity contribution < 1.29 is 4.79 Å². The summed E-state index contributed by atoms with van der Waals surface area (Å²) in [6.07, 6.45) is 4.02. The summed E-state index contributed by atoms with van der Waals surface area (Å²) in [5.41, 5.74) is 9.94. The van der Waals surface area contributed by atoms with Crippen molar-refractivity contribution >= 4 is 17.4 Å². The molecule has 5 nitrogen and oxygen atoms in total. The zero-order chi connectivity index (χ0) is 18.9. The second kappa shape index (κ2) is 9.38. The van der Waals surface area contributed by atoms with Gasteiger partial charge >= 0.3 is 0 Å². The van der Waals surface area contributed by atoms with Gasteiger partial charge in [-0.2, -0.15) is 0 Å². The topological polar surface area (TPSA) is 83.3 Å². The van der Waals surface area contributed by atoms with Gasteiger partial charge in [0, 0.05) is 18.3 Å². The summed E-state index contributed by atoms with van der Waals surface area (Å²) < 4.78 is 0. The van der Waals surface area contributed by atoms with Gasteiger partial charge < -0.3 is 16.0 Å². The van der Waals surface area contributed by atoms with Crippen molar-refractivity contribution in [3.05, 3.63) is 89.7 Å². The van der Waals surface area contributed by atoms with Crippen molar-refractivity contribution in [3.8, 4) is 0 Å². The normalized spacial score (nSPS) is 11.3. The van der Waals surface area contributed by atoms with Gasteiger partial charge in [-0.15, -0.1) is 0 Å². The van der Waals surface area contributed by atoms with Crippen LogP contribution in [-0.2, 0) is 17.8 Å². The molecule has 0 fully saturated rings. The van der Waals surface area contributed by atoms with Gasteiger partial charge in [-0.25, -0.2) is 0 Å². The number of nitrogens with zero attached hydrogens (tertiary/aromatic N) is 1. The van der Waals surface area contributed by atoms with E-state index in [4.69, 9.17) is 5.73 Å². The summed E-state index contributed by atoms with van der Waals surface area (Å²) in [6, 6.07) is 21.6. The van der Waals surface area contributed by atoms with E-state index in [2.05, 4.69) is 39.6 Å². The number of rotatable bonds is 8. The molecule has 0 spiro atoms. The van der Waals surface area contributed by atoms with Gasteiger partial charge in [0.15, 0.2) is 0 Å². The van der Waals surface area contributed by atoms with E-state index in [0.29, 0.717) is 18.8 Å². The molecule has 3 rings (SSSR count). The monoisotopic (exact) mass is 360 g/mol. The third-order valence-corrected chi connectivity index (χ3v) is 4.26. The molecule has 4 N–H and O–H groups in total. The van der Waals surface area contributed by atoms with Gasteiger partial charge in [-0.1, -0.05) is 42.5 Å². The zero-order valence-electron chi connectivity index (χ0n) is 15.2. The minimum absolute atomic E-state index is 0.0481. The van der Waals surface area contributed by atoms with Crippen LogP contribution in [0.15, 0.2) is 77.9 Å². The van der Waals surface area contributed by atoms with E-state index in [0.717, 1.165) is 29.8 Å². The molecule has 0 bridgehead atoms. The molecule has 1 amide bonds. The highest BCUT2D eigenvalue weighted by atomic mass is 16.1. The smallest absolute Gasteiger partial charge is 0.224 e. The van der Waals surface area contributed by atoms with Crippen molar-refractivity contribution in [2.75, 3.05) is 5.32 Å². The maximum atomic E-state index is 12.0. The maximum absolute atomic E-state index is 12.0. The fourth-order valence-corrected chi connectivity index (χ4v) is 2.76. The predicted molar refractivity (Wildman–Crippen MR) is 110 cm³/mol. The number of aromatic nitrogens is 1. The third-order valence-electron chi connectivity index (χ3n) is 4.26. The molecule has 0 atom stereocenters. The lowest BCUT2D eigenvalue weighted by Gasteiger charge is -2.06. The van der Waals surface area contributed by atoms with Crippen LogP contribution in [0.2, 0.25) is 0 Å². The van der Waals surface area contributed by atoms with E-state index in [1.165, 1.54) is 5.56 Å². The lowest BCUT2D eigenvalue weighted by Crippen LogP contribution is -2.13. The number of benzene rings is 2. The number of nitrogens with one attached hydrogen (secondary N) is 2. The van der Waals surface area contributed by atoms with Gasteiger partial charge in [0.05, 0.1) is 12.2 Å². The minimum atomic E-state index is 0.0481. The summed E-state index contributed by atoms with van der Waals surface area (Å²) in [5, 5.41) is 2.91. The number of nitrogens with two attached hydrogens (primary N) is 1. The Morgan fingerprint density at radius 3 is 2.41 bits per heavy atom. The average molecular weight is 360 g/mol. The zero-order valence-corrected chi connectivity index (χ0v) is 15.2. The number of H-pyrrole nitrogens is 1. The second-order valence-corrected chi connectivity index (χ2v) is 6.37. The van der Waals surface area contributed by atoms with Crippen molar-refractivity contribution in [1.82, 2.24) is 4.98 Å². The highest BCUT2D eigenvalue weighted by molar-refractivity contribution is 5.95. The first-order valence-corrected chi connectivity index (χ1v) is 9.07. The highest BCUT2D eigenvalue weighted by Crippen LogP contribution is 2.11. The first-order valence-electron chi connectivity index (χ1n) is 9.07. The number of carbonyl (C=O) groups is 1. The van der Waals surface area contributed by atoms with Crippen LogP contribution in [0.1, 0.15) is 29.7 Å². The summed E-state index contributed by atoms with van der Waals surface area (Å²) >= 11 is 0. The SMILES string of the molecule is NC(=NCc1ccc(CCCC(=O)Nc2ccccc2)cc1)c1ccc[nH]1. The molecule has 0 aliphatic carbocycles. The fraction of sp³-hybridized carbons (Fsp3) is 0.182. The molecule has 1 heterocycles. The van der Waals surface area contributed by atoms with E-state index < -0.39 is 0 Å². The number of carbonyl (C=O) groups excluding carboxylic acids is 1. The number of aliphatic imine (C=N–C) groups is 1. The summed E-state index contributed by atoms with van der Waals surface area (Å²) in [7, 11) is 0. The molecular weight excluding hydrogens is 336 g/mol. The minimum Gasteiger partial charge on any atom is -0.382 e. The molecule has 0 aliphatic heterocycles. The van der Waals surface area contributed by atoms with Gasteiger partial charge in [-0.3, -0.25) is 9.79 Å². The molecule has 3 aromatic rings. The van der Waals surface area contributed by atoms with E-state index in [-0.39, 0.29) is 5.91 Å². The Hall–Kier alpha value is -3.34. The van der Waals surface area contributed by atoms with E-state index in [9.17, 15) is 4.79 Å². The van der Waals surface area contributed by atoms with Gasteiger partial charge in [-0.05, 0) is 48.2 Å². The molecule has 5 heteroatoms. The Morgan fingerprint density at radius 1 is 0.963 bits per heavy atom. The van der Waals surface area contributed by atoms with Crippen LogP contribution in [0.3, 0.4) is 0 Å². The summed E-state index contributed by atoms with van der Waals surface area (Å²) in [6.45, 7) is 0.546. The van der Waals surface area contributed by atoms with E-state index in [1.807, 2.05) is 48.7 Å². The molecule has 0 saturated carbocycles. The van der Waals surface area contributed by atoms with Gasteiger partial charge in [0.2, 0.25) is 5.91 Å². The number of anilines is 1. The van der Waals surface area contributed by atoms with Crippen LogP contribution in [0.5, 0.6) is 0 Å². The molecule has 27 heavy (non-hydrogen) atoms. The van der Waals surface area contributed by atoms with Crippen molar-refractivity contribution in [3.63, 3.8) is 0 Å². The molecule has 1 aromatic heterocycles. The van der Waals surface area contributed by atoms with Crippen molar-refractivity contribution in [1.29, 1.82) is 0 Å². The van der Waals surface area contributed by atoms with Crippen LogP contribution in [0.4, 0.5) is 5.69 Å². The second-order valence-electron chi connectivity index (χ2n) is 6.37. The number of amidine groups is 1. The quantitative estimate of drug-likeness (QED) is 0.421. The number of hydrogen-bond donors (Lipinski definition) is 3. The average Bonchev–Trinajstić information content (AvgIpc) is 3.23. The largest absolute Gasteiger partial charge is 0.382 e. The molecule has 0 unspecified atom stereocenters. The predicted octanol–water partition coefficient (Wildman–Crippen LogP) is 3.88. The van der Waals surface area contributed by atoms with Crippen LogP contribution in [-0.4, -0.2) is 16.7 Å². The Balaban J connectivity index is 1.42. The number of aromatic amines is 1. The van der Waals surface area contributed by atoms with E-state index >= 15 is 0 Å². The van der Waals surface area contributed by atoms with Gasteiger partial charge in [0.25, 0.3) is 0 Å². The lowest BCUT2D eigenvalue weighted by atomic mass is 10.1. The van der Waals surface area contributed by atoms with E-state index in [1.54, 1.807) is 0 Å². The third kappa shape index (κ3) is 5.85. The summed E-state index contributed by atoms with van der Waals surface area (Å²) in [5.74, 6) is 0.556. The molecule has 138 valence electrons. The van der Waals surface area contributed by atoms with Crippen molar-refractivity contribution in [2.45, 2.75) is 25.8 Å². The first-order chi connectivity index (χ1) is 13.2. The Labute approximate surface area is 159 Å². The van der Waals surface area contributed by atoms with Crippen molar-refractivity contribution in [2.24, 2.45) is 10.7 Å². The van der Waals surface area contributed by atoms with Crippen LogP contribution in [0.25, 0.3) is 0 Å². The molecule has 2 aromatic carbocycles. The molecular formula is C22H24N4O.